The van der Waals surface area contributed by atoms with E-state index in [4.69, 9.17) is 9.47 Å². The van der Waals surface area contributed by atoms with Crippen LogP contribution >= 0.6 is 15.9 Å². The monoisotopic (exact) mass is 290 g/mol. The lowest BCUT2D eigenvalue weighted by atomic mass is 10.1. The Kier molecular flexibility index (Phi) is 6.03. The van der Waals surface area contributed by atoms with Crippen LogP contribution in [0, 0.1) is 0 Å². The summed E-state index contributed by atoms with van der Waals surface area (Å²) in [5.41, 5.74) is -0.846. The van der Waals surface area contributed by atoms with Crippen molar-refractivity contribution in [3.63, 3.8) is 0 Å². The van der Waals surface area contributed by atoms with Gasteiger partial charge in [-0.1, -0.05) is 22.5 Å². The van der Waals surface area contributed by atoms with Crippen LogP contribution in [0.5, 0.6) is 0 Å². The van der Waals surface area contributed by atoms with Gasteiger partial charge in [-0.2, -0.15) is 0 Å². The second kappa shape index (κ2) is 6.48. The Labute approximate surface area is 103 Å². The highest BCUT2D eigenvalue weighted by atomic mass is 79.9. The molecule has 0 aromatic carbocycles. The first kappa shape index (κ1) is 14.9. The molecule has 1 atom stereocenters. The Bertz CT molecular complexity index is 305. The van der Waals surface area contributed by atoms with Crippen LogP contribution in [0.15, 0.2) is 25.0 Å². The first-order valence-corrected chi connectivity index (χ1v) is 5.58. The molecule has 90 valence electrons. The predicted molar refractivity (Wildman–Crippen MR) is 64.0 cm³/mol. The van der Waals surface area contributed by atoms with Gasteiger partial charge in [0, 0.05) is 6.08 Å². The van der Waals surface area contributed by atoms with Crippen LogP contribution in [0.3, 0.4) is 0 Å². The number of alkyl halides is 1. The van der Waals surface area contributed by atoms with E-state index in [0.717, 1.165) is 6.08 Å². The van der Waals surface area contributed by atoms with Gasteiger partial charge in [0.25, 0.3) is 0 Å². The Balaban J connectivity index is 4.25. The molecule has 0 aromatic rings. The van der Waals surface area contributed by atoms with Crippen molar-refractivity contribution in [2.45, 2.75) is 31.2 Å². The Morgan fingerprint density at radius 1 is 1.44 bits per heavy atom. The highest BCUT2D eigenvalue weighted by molar-refractivity contribution is 9.10. The maximum Gasteiger partial charge on any atom is 0.330 e. The van der Waals surface area contributed by atoms with Crippen molar-refractivity contribution in [3.05, 3.63) is 25.0 Å². The maximum atomic E-state index is 11.1. The molecule has 0 aliphatic rings. The summed E-state index contributed by atoms with van der Waals surface area (Å²) in [6.07, 6.45) is 3.75. The van der Waals surface area contributed by atoms with Crippen molar-refractivity contribution >= 4 is 27.9 Å². The molecule has 0 saturated heterocycles. The number of rotatable bonds is 5. The van der Waals surface area contributed by atoms with Gasteiger partial charge in [0.05, 0.1) is 6.26 Å². The van der Waals surface area contributed by atoms with Gasteiger partial charge in [-0.15, -0.1) is 0 Å². The van der Waals surface area contributed by atoms with Crippen molar-refractivity contribution in [1.82, 2.24) is 0 Å². The molecule has 0 rings (SSSR count). The number of hydrogen-bond donors (Lipinski definition) is 0. The molecule has 0 amide bonds. The normalized spacial score (nSPS) is 13.2. The maximum absolute atomic E-state index is 11.1. The topological polar surface area (TPSA) is 52.6 Å². The number of ether oxygens (including phenoxy) is 2. The van der Waals surface area contributed by atoms with Crippen LogP contribution in [0.2, 0.25) is 0 Å². The van der Waals surface area contributed by atoms with Gasteiger partial charge < -0.3 is 9.47 Å². The highest BCUT2D eigenvalue weighted by Crippen LogP contribution is 2.12. The van der Waals surface area contributed by atoms with Crippen molar-refractivity contribution in [2.24, 2.45) is 0 Å². The predicted octanol–water partition coefficient (Wildman–Crippen LogP) is 2.33. The van der Waals surface area contributed by atoms with Crippen LogP contribution in [-0.4, -0.2) is 22.4 Å². The number of hydrogen-bond acceptors (Lipinski definition) is 4. The standard InChI is InChI=1S/C11H15BrO4/c1-5-9(13)16-11(3,4)6-7-15-10(14)8(2)12/h5-8H,1H2,2-4H3/b7-6+. The van der Waals surface area contributed by atoms with E-state index in [1.54, 1.807) is 20.8 Å². The number of halogens is 1. The number of carbonyl (C=O) groups is 2. The zero-order valence-corrected chi connectivity index (χ0v) is 11.1. The third-order valence-corrected chi connectivity index (χ3v) is 1.88. The first-order chi connectivity index (χ1) is 7.28. The second-order valence-corrected chi connectivity index (χ2v) is 4.96. The van der Waals surface area contributed by atoms with E-state index in [-0.39, 0.29) is 4.83 Å². The molecule has 0 aliphatic carbocycles. The molecule has 5 heteroatoms. The summed E-state index contributed by atoms with van der Waals surface area (Å²) in [4.78, 5) is 21.6. The van der Waals surface area contributed by atoms with Crippen LogP contribution in [0.25, 0.3) is 0 Å². The van der Waals surface area contributed by atoms with Gasteiger partial charge in [0.1, 0.15) is 10.4 Å². The van der Waals surface area contributed by atoms with Gasteiger partial charge in [-0.25, -0.2) is 4.79 Å². The lowest BCUT2D eigenvalue weighted by Gasteiger charge is -2.19. The van der Waals surface area contributed by atoms with Gasteiger partial charge >= 0.3 is 11.9 Å². The van der Waals surface area contributed by atoms with Gasteiger partial charge in [-0.05, 0) is 26.8 Å². The average Bonchev–Trinajstić information content (AvgIpc) is 2.16. The van der Waals surface area contributed by atoms with Crippen LogP contribution in [0.4, 0.5) is 0 Å². The van der Waals surface area contributed by atoms with Gasteiger partial charge in [0.2, 0.25) is 0 Å². The SMILES string of the molecule is C=CC(=O)OC(C)(C)/C=C/OC(=O)C(C)Br. The zero-order chi connectivity index (χ0) is 12.8. The van der Waals surface area contributed by atoms with Crippen molar-refractivity contribution in [3.8, 4) is 0 Å². The highest BCUT2D eigenvalue weighted by Gasteiger charge is 2.18. The van der Waals surface area contributed by atoms with E-state index >= 15 is 0 Å². The minimum atomic E-state index is -0.846. The van der Waals surface area contributed by atoms with E-state index in [9.17, 15) is 9.59 Å². The summed E-state index contributed by atoms with van der Waals surface area (Å²) in [6, 6.07) is 0. The van der Waals surface area contributed by atoms with E-state index in [1.807, 2.05) is 0 Å². The number of carbonyl (C=O) groups excluding carboxylic acids is 2. The molecule has 0 saturated carbocycles. The molecule has 4 nitrogen and oxygen atoms in total. The molecular formula is C11H15BrO4. The molecule has 0 aromatic heterocycles. The third-order valence-electron chi connectivity index (χ3n) is 1.51. The third kappa shape index (κ3) is 6.40. The van der Waals surface area contributed by atoms with Crippen molar-refractivity contribution in [2.75, 3.05) is 0 Å². The molecule has 0 N–H and O–H groups in total. The van der Waals surface area contributed by atoms with Crippen LogP contribution < -0.4 is 0 Å². The summed E-state index contributed by atoms with van der Waals surface area (Å²) in [5, 5.41) is 0. The zero-order valence-electron chi connectivity index (χ0n) is 9.53. The first-order valence-electron chi connectivity index (χ1n) is 4.66. The smallest absolute Gasteiger partial charge is 0.330 e. The molecule has 0 radical (unpaired) electrons. The fraction of sp³-hybridized carbons (Fsp3) is 0.455. The molecule has 1 unspecified atom stereocenters. The summed E-state index contributed by atoms with van der Waals surface area (Å²) < 4.78 is 9.75. The molecule has 0 fully saturated rings. The van der Waals surface area contributed by atoms with Crippen molar-refractivity contribution in [1.29, 1.82) is 0 Å². The largest absolute Gasteiger partial charge is 0.452 e. The summed E-state index contributed by atoms with van der Waals surface area (Å²) >= 11 is 3.06. The Morgan fingerprint density at radius 3 is 2.44 bits per heavy atom. The molecule has 0 bridgehead atoms. The summed E-state index contributed by atoms with van der Waals surface area (Å²) in [7, 11) is 0. The Hall–Kier alpha value is -1.10. The lowest BCUT2D eigenvalue weighted by molar-refractivity contribution is -0.146. The number of esters is 2. The van der Waals surface area contributed by atoms with E-state index in [0.29, 0.717) is 0 Å². The fourth-order valence-corrected chi connectivity index (χ4v) is 0.802. The molecular weight excluding hydrogens is 276 g/mol. The minimum Gasteiger partial charge on any atom is -0.452 e. The fourth-order valence-electron chi connectivity index (χ4n) is 0.694. The quantitative estimate of drug-likeness (QED) is 0.338. The van der Waals surface area contributed by atoms with Crippen LogP contribution in [0.1, 0.15) is 20.8 Å². The van der Waals surface area contributed by atoms with Crippen LogP contribution in [-0.2, 0) is 19.1 Å². The summed E-state index contributed by atoms with van der Waals surface area (Å²) in [6.45, 7) is 8.26. The molecule has 0 spiro atoms. The summed E-state index contributed by atoms with van der Waals surface area (Å²) in [5.74, 6) is -0.947. The van der Waals surface area contributed by atoms with E-state index in [1.165, 1.54) is 12.3 Å². The van der Waals surface area contributed by atoms with Gasteiger partial charge in [0.15, 0.2) is 0 Å². The van der Waals surface area contributed by atoms with E-state index < -0.39 is 17.5 Å². The lowest BCUT2D eigenvalue weighted by Crippen LogP contribution is -2.24. The molecule has 0 heterocycles. The van der Waals surface area contributed by atoms with Gasteiger partial charge in [-0.3, -0.25) is 4.79 Å². The molecule has 16 heavy (non-hydrogen) atoms. The van der Waals surface area contributed by atoms with Crippen molar-refractivity contribution < 1.29 is 19.1 Å². The second-order valence-electron chi connectivity index (χ2n) is 3.58. The Morgan fingerprint density at radius 2 is 2.00 bits per heavy atom. The molecule has 0 aliphatic heterocycles. The van der Waals surface area contributed by atoms with E-state index in [2.05, 4.69) is 22.5 Å². The average molecular weight is 291 g/mol. The minimum absolute atomic E-state index is 0.379.